The molecule has 1 aliphatic heterocycles. The molecule has 1 aliphatic rings. The van der Waals surface area contributed by atoms with E-state index in [4.69, 9.17) is 21.1 Å². The van der Waals surface area contributed by atoms with Gasteiger partial charge in [0.2, 0.25) is 0 Å². The Morgan fingerprint density at radius 3 is 2.57 bits per heavy atom. The van der Waals surface area contributed by atoms with Gasteiger partial charge >= 0.3 is 5.97 Å². The first-order valence-corrected chi connectivity index (χ1v) is 8.79. The van der Waals surface area contributed by atoms with Gasteiger partial charge in [-0.3, -0.25) is 4.79 Å². The third kappa shape index (κ3) is 4.85. The van der Waals surface area contributed by atoms with Crippen molar-refractivity contribution in [2.75, 3.05) is 32.8 Å². The zero-order valence-electron chi connectivity index (χ0n) is 14.3. The normalized spacial score (nSPS) is 21.0. The Kier molecular flexibility index (Phi) is 6.72. The highest BCUT2D eigenvalue weighted by atomic mass is 35.5. The largest absolute Gasteiger partial charge is 0.486 e. The molecule has 0 bridgehead atoms. The third-order valence-corrected chi connectivity index (χ3v) is 4.97. The summed E-state index contributed by atoms with van der Waals surface area (Å²) in [4.78, 5) is 13.2. The molecule has 1 heterocycles. The summed E-state index contributed by atoms with van der Waals surface area (Å²) in [6.45, 7) is 9.88. The van der Waals surface area contributed by atoms with Crippen LogP contribution in [0.1, 0.15) is 30.9 Å². The number of carbonyl (C=O) groups is 1. The van der Waals surface area contributed by atoms with Crippen molar-refractivity contribution in [1.29, 1.82) is 0 Å². The van der Waals surface area contributed by atoms with Gasteiger partial charge in [-0.25, -0.2) is 0 Å². The smallest absolute Gasteiger partial charge is 0.309 e. The van der Waals surface area contributed by atoms with Crippen molar-refractivity contribution in [2.45, 2.75) is 33.6 Å². The standard InChI is InChI=1S/C18H26ClNO3/c1-4-22-18(21)15-7-9-20(10-8-15)11-12-23-17-14(3)6-5-13(2)16(17)19/h5-6,15H,4,7-12H2,1-3H3/p+1. The average molecular weight is 341 g/mol. The number of benzene rings is 1. The van der Waals surface area contributed by atoms with E-state index < -0.39 is 0 Å². The number of aryl methyl sites for hydroxylation is 2. The SMILES string of the molecule is CCOC(=O)C1CC[NH+](CCOc2c(C)ccc(C)c2Cl)CC1. The highest BCUT2D eigenvalue weighted by molar-refractivity contribution is 6.32. The lowest BCUT2D eigenvalue weighted by atomic mass is 9.97. The van der Waals surface area contributed by atoms with Crippen LogP contribution in [0.4, 0.5) is 0 Å². The Bertz CT molecular complexity index is 539. The van der Waals surface area contributed by atoms with Gasteiger partial charge in [-0.15, -0.1) is 0 Å². The minimum Gasteiger partial charge on any atom is -0.486 e. The second kappa shape index (κ2) is 8.55. The lowest BCUT2D eigenvalue weighted by Gasteiger charge is -2.28. The topological polar surface area (TPSA) is 40.0 Å². The Morgan fingerprint density at radius 2 is 1.91 bits per heavy atom. The van der Waals surface area contributed by atoms with Crippen LogP contribution in [0.15, 0.2) is 12.1 Å². The van der Waals surface area contributed by atoms with E-state index in [0.717, 1.165) is 49.4 Å². The van der Waals surface area contributed by atoms with Gasteiger partial charge < -0.3 is 14.4 Å². The Labute approximate surface area is 143 Å². The van der Waals surface area contributed by atoms with E-state index in [1.165, 1.54) is 4.90 Å². The van der Waals surface area contributed by atoms with Crippen molar-refractivity contribution in [3.05, 3.63) is 28.3 Å². The molecule has 0 saturated carbocycles. The maximum atomic E-state index is 11.7. The van der Waals surface area contributed by atoms with E-state index in [1.807, 2.05) is 32.9 Å². The van der Waals surface area contributed by atoms with E-state index in [2.05, 4.69) is 0 Å². The molecule has 0 unspecified atom stereocenters. The van der Waals surface area contributed by atoms with Crippen molar-refractivity contribution in [1.82, 2.24) is 0 Å². The Balaban J connectivity index is 1.76. The molecule has 23 heavy (non-hydrogen) atoms. The summed E-state index contributed by atoms with van der Waals surface area (Å²) >= 11 is 6.32. The zero-order chi connectivity index (χ0) is 16.8. The molecule has 0 amide bonds. The number of carbonyl (C=O) groups excluding carboxylic acids is 1. The van der Waals surface area contributed by atoms with Crippen molar-refractivity contribution in [3.63, 3.8) is 0 Å². The first-order chi connectivity index (χ1) is 11.0. The van der Waals surface area contributed by atoms with Gasteiger partial charge in [0.1, 0.15) is 18.9 Å². The number of nitrogens with one attached hydrogen (secondary N) is 1. The Morgan fingerprint density at radius 1 is 1.26 bits per heavy atom. The van der Waals surface area contributed by atoms with Crippen molar-refractivity contribution < 1.29 is 19.2 Å². The fraction of sp³-hybridized carbons (Fsp3) is 0.611. The molecule has 5 heteroatoms. The van der Waals surface area contributed by atoms with Crippen LogP contribution in [0.2, 0.25) is 5.02 Å². The monoisotopic (exact) mass is 340 g/mol. The molecule has 1 N–H and O–H groups in total. The minimum atomic E-state index is -0.0371. The summed E-state index contributed by atoms with van der Waals surface area (Å²) in [6.07, 6.45) is 1.80. The molecular formula is C18H27ClNO3+. The maximum Gasteiger partial charge on any atom is 0.309 e. The molecule has 0 radical (unpaired) electrons. The molecule has 0 spiro atoms. The first kappa shape index (κ1) is 18.1. The summed E-state index contributed by atoms with van der Waals surface area (Å²) in [5.41, 5.74) is 2.10. The number of hydrogen-bond acceptors (Lipinski definition) is 3. The second-order valence-electron chi connectivity index (χ2n) is 6.22. The van der Waals surface area contributed by atoms with Crippen molar-refractivity contribution >= 4 is 17.6 Å². The van der Waals surface area contributed by atoms with E-state index in [1.54, 1.807) is 0 Å². The minimum absolute atomic E-state index is 0.0371. The first-order valence-electron chi connectivity index (χ1n) is 8.41. The van der Waals surface area contributed by atoms with Crippen LogP contribution in [0, 0.1) is 19.8 Å². The van der Waals surface area contributed by atoms with Crippen LogP contribution in [0.5, 0.6) is 5.75 Å². The fourth-order valence-corrected chi connectivity index (χ4v) is 3.26. The summed E-state index contributed by atoms with van der Waals surface area (Å²) in [7, 11) is 0. The van der Waals surface area contributed by atoms with Crippen molar-refractivity contribution in [3.8, 4) is 5.75 Å². The summed E-state index contributed by atoms with van der Waals surface area (Å²) < 4.78 is 11.0. The number of piperidine rings is 1. The van der Waals surface area contributed by atoms with E-state index in [-0.39, 0.29) is 11.9 Å². The fourth-order valence-electron chi connectivity index (χ4n) is 3.00. The zero-order valence-corrected chi connectivity index (χ0v) is 15.0. The van der Waals surface area contributed by atoms with Gasteiger partial charge in [0.25, 0.3) is 0 Å². The van der Waals surface area contributed by atoms with Crippen LogP contribution in [-0.4, -0.2) is 38.8 Å². The quantitative estimate of drug-likeness (QED) is 0.807. The van der Waals surface area contributed by atoms with Gasteiger partial charge in [-0.2, -0.15) is 0 Å². The van der Waals surface area contributed by atoms with Gasteiger partial charge in [0.15, 0.2) is 0 Å². The molecule has 1 aromatic rings. The molecule has 2 rings (SSSR count). The summed E-state index contributed by atoms with van der Waals surface area (Å²) in [5, 5.41) is 0.709. The number of halogens is 1. The molecule has 1 saturated heterocycles. The predicted molar refractivity (Wildman–Crippen MR) is 91.3 cm³/mol. The van der Waals surface area contributed by atoms with Crippen LogP contribution >= 0.6 is 11.6 Å². The van der Waals surface area contributed by atoms with Gasteiger partial charge in [0, 0.05) is 12.8 Å². The van der Waals surface area contributed by atoms with Gasteiger partial charge in [-0.05, 0) is 31.9 Å². The molecule has 0 aromatic heterocycles. The van der Waals surface area contributed by atoms with Crippen molar-refractivity contribution in [2.24, 2.45) is 5.92 Å². The number of rotatable bonds is 6. The van der Waals surface area contributed by atoms with Gasteiger partial charge in [-0.1, -0.05) is 23.7 Å². The average Bonchev–Trinajstić information content (AvgIpc) is 2.55. The number of quaternary nitrogens is 1. The maximum absolute atomic E-state index is 11.7. The van der Waals surface area contributed by atoms with Gasteiger partial charge in [0.05, 0.1) is 30.6 Å². The van der Waals surface area contributed by atoms with Crippen LogP contribution in [-0.2, 0) is 9.53 Å². The summed E-state index contributed by atoms with van der Waals surface area (Å²) in [5.74, 6) is 0.838. The molecule has 0 aliphatic carbocycles. The van der Waals surface area contributed by atoms with E-state index in [0.29, 0.717) is 18.2 Å². The van der Waals surface area contributed by atoms with Crippen LogP contribution in [0.25, 0.3) is 0 Å². The number of likely N-dealkylation sites (tertiary alicyclic amines) is 1. The Hall–Kier alpha value is -1.26. The second-order valence-corrected chi connectivity index (χ2v) is 6.60. The third-order valence-electron chi connectivity index (χ3n) is 4.50. The number of hydrogen-bond donors (Lipinski definition) is 1. The van der Waals surface area contributed by atoms with E-state index in [9.17, 15) is 4.79 Å². The molecule has 1 fully saturated rings. The molecule has 0 atom stereocenters. The van der Waals surface area contributed by atoms with Crippen LogP contribution in [0.3, 0.4) is 0 Å². The number of esters is 1. The lowest BCUT2D eigenvalue weighted by molar-refractivity contribution is -0.905. The molecule has 4 nitrogen and oxygen atoms in total. The summed E-state index contributed by atoms with van der Waals surface area (Å²) in [6, 6.07) is 4.05. The van der Waals surface area contributed by atoms with E-state index >= 15 is 0 Å². The highest BCUT2D eigenvalue weighted by Gasteiger charge is 2.28. The predicted octanol–water partition coefficient (Wildman–Crippen LogP) is 2.19. The molecule has 128 valence electrons. The lowest BCUT2D eigenvalue weighted by Crippen LogP contribution is -3.13. The highest BCUT2D eigenvalue weighted by Crippen LogP contribution is 2.31. The van der Waals surface area contributed by atoms with Crippen LogP contribution < -0.4 is 9.64 Å². The molecule has 1 aromatic carbocycles. The number of ether oxygens (including phenoxy) is 2. The molecular weight excluding hydrogens is 314 g/mol.